The van der Waals surface area contributed by atoms with Crippen molar-refractivity contribution < 1.29 is 14.2 Å². The first-order valence-corrected chi connectivity index (χ1v) is 7.24. The molecule has 0 bridgehead atoms. The van der Waals surface area contributed by atoms with Crippen molar-refractivity contribution in [1.82, 2.24) is 4.90 Å². The number of halogens is 1. The van der Waals surface area contributed by atoms with Gasteiger partial charge in [-0.1, -0.05) is 6.92 Å². The molecule has 1 aliphatic heterocycles. The van der Waals surface area contributed by atoms with Gasteiger partial charge in [0.1, 0.15) is 12.4 Å². The summed E-state index contributed by atoms with van der Waals surface area (Å²) in [6.45, 7) is 10.1. The van der Waals surface area contributed by atoms with Crippen LogP contribution in [-0.2, 0) is 6.42 Å². The molecule has 1 aromatic rings. The molecule has 20 heavy (non-hydrogen) atoms. The number of nitrogens with zero attached hydrogens (tertiary/aromatic N) is 1. The lowest BCUT2D eigenvalue weighted by atomic mass is 9.95. The van der Waals surface area contributed by atoms with Gasteiger partial charge in [-0.2, -0.15) is 0 Å². The molecule has 1 aromatic carbocycles. The van der Waals surface area contributed by atoms with Crippen LogP contribution in [0, 0.1) is 5.82 Å². The smallest absolute Gasteiger partial charge is 0.165 e. The van der Waals surface area contributed by atoms with Crippen LogP contribution in [0.4, 0.5) is 4.39 Å². The topological polar surface area (TPSA) is 32.7 Å². The highest BCUT2D eigenvalue weighted by Gasteiger charge is 2.33. The number of benzene rings is 1. The summed E-state index contributed by atoms with van der Waals surface area (Å²) in [6.07, 6.45) is 1.67. The van der Waals surface area contributed by atoms with Crippen LogP contribution in [0.15, 0.2) is 12.1 Å². The number of phenolic OH excluding ortho intramolecular Hbond substituents is 1. The van der Waals surface area contributed by atoms with E-state index in [2.05, 4.69) is 32.6 Å². The Morgan fingerprint density at radius 1 is 1.40 bits per heavy atom. The van der Waals surface area contributed by atoms with Crippen LogP contribution in [0.3, 0.4) is 0 Å². The Morgan fingerprint density at radius 3 is 2.70 bits per heavy atom. The van der Waals surface area contributed by atoms with Crippen molar-refractivity contribution in [3.8, 4) is 11.5 Å². The van der Waals surface area contributed by atoms with Crippen LogP contribution in [0.25, 0.3) is 0 Å². The molecule has 0 aromatic heterocycles. The summed E-state index contributed by atoms with van der Waals surface area (Å²) in [5, 5.41) is 9.95. The zero-order chi connectivity index (χ0) is 14.9. The highest BCUT2D eigenvalue weighted by atomic mass is 19.1. The van der Waals surface area contributed by atoms with Crippen LogP contribution >= 0.6 is 0 Å². The maximum absolute atomic E-state index is 13.7. The molecule has 0 amide bonds. The molecule has 0 radical (unpaired) electrons. The van der Waals surface area contributed by atoms with Crippen molar-refractivity contribution in [2.24, 2.45) is 0 Å². The van der Waals surface area contributed by atoms with Gasteiger partial charge in [0.25, 0.3) is 0 Å². The molecule has 1 N–H and O–H groups in total. The molecule has 4 heteroatoms. The van der Waals surface area contributed by atoms with Gasteiger partial charge in [-0.05, 0) is 52.3 Å². The highest BCUT2D eigenvalue weighted by Crippen LogP contribution is 2.36. The van der Waals surface area contributed by atoms with Crippen molar-refractivity contribution in [3.63, 3.8) is 0 Å². The van der Waals surface area contributed by atoms with Gasteiger partial charge in [-0.15, -0.1) is 0 Å². The minimum Gasteiger partial charge on any atom is -0.508 e. The zero-order valence-electron chi connectivity index (χ0n) is 12.7. The fourth-order valence-electron chi connectivity index (χ4n) is 2.92. The van der Waals surface area contributed by atoms with Crippen molar-refractivity contribution in [2.45, 2.75) is 52.1 Å². The van der Waals surface area contributed by atoms with E-state index in [1.54, 1.807) is 0 Å². The van der Waals surface area contributed by atoms with Crippen LogP contribution in [0.1, 0.15) is 39.7 Å². The summed E-state index contributed by atoms with van der Waals surface area (Å²) in [5.74, 6) is -0.0582. The quantitative estimate of drug-likeness (QED) is 0.922. The molecule has 1 atom stereocenters. The Kier molecular flexibility index (Phi) is 4.23. The Morgan fingerprint density at radius 2 is 2.10 bits per heavy atom. The van der Waals surface area contributed by atoms with E-state index in [1.807, 2.05) is 0 Å². The summed E-state index contributed by atoms with van der Waals surface area (Å²) >= 11 is 0. The van der Waals surface area contributed by atoms with Gasteiger partial charge in [0.15, 0.2) is 11.6 Å². The van der Waals surface area contributed by atoms with Crippen LogP contribution in [-0.4, -0.2) is 34.7 Å². The highest BCUT2D eigenvalue weighted by molar-refractivity contribution is 5.46. The fraction of sp³-hybridized carbons (Fsp3) is 0.625. The molecule has 112 valence electrons. The average Bonchev–Trinajstić information content (AvgIpc) is 2.39. The number of hydrogen-bond acceptors (Lipinski definition) is 3. The van der Waals surface area contributed by atoms with E-state index in [1.165, 1.54) is 12.1 Å². The first-order chi connectivity index (χ1) is 9.34. The normalized spacial score (nSPS) is 18.8. The first kappa shape index (κ1) is 15.1. The van der Waals surface area contributed by atoms with E-state index in [9.17, 15) is 9.50 Å². The number of aromatic hydroxyl groups is 1. The first-order valence-electron chi connectivity index (χ1n) is 7.24. The molecular formula is C16H24FNO2. The molecular weight excluding hydrogens is 257 g/mol. The second kappa shape index (κ2) is 5.60. The van der Waals surface area contributed by atoms with E-state index < -0.39 is 5.82 Å². The third kappa shape index (κ3) is 2.90. The third-order valence-corrected chi connectivity index (χ3v) is 3.81. The van der Waals surface area contributed by atoms with E-state index in [0.29, 0.717) is 18.6 Å². The number of ether oxygens (including phenoxy) is 1. The maximum atomic E-state index is 13.7. The molecule has 2 rings (SSSR count). The van der Waals surface area contributed by atoms with E-state index in [4.69, 9.17) is 4.74 Å². The van der Waals surface area contributed by atoms with Gasteiger partial charge in [0.2, 0.25) is 0 Å². The number of hydrogen-bond donors (Lipinski definition) is 1. The minimum absolute atomic E-state index is 0.0183. The Bertz CT molecular complexity index is 482. The summed E-state index contributed by atoms with van der Waals surface area (Å²) in [6, 6.07) is 2.82. The van der Waals surface area contributed by atoms with Crippen molar-refractivity contribution >= 4 is 0 Å². The molecule has 0 saturated heterocycles. The van der Waals surface area contributed by atoms with Gasteiger partial charge in [-0.3, -0.25) is 4.90 Å². The van der Waals surface area contributed by atoms with Crippen molar-refractivity contribution in [1.29, 1.82) is 0 Å². The van der Waals surface area contributed by atoms with Crippen LogP contribution in [0.2, 0.25) is 0 Å². The molecule has 1 aliphatic rings. The van der Waals surface area contributed by atoms with Gasteiger partial charge in [0.05, 0.1) is 0 Å². The second-order valence-corrected chi connectivity index (χ2v) is 6.41. The zero-order valence-corrected chi connectivity index (χ0v) is 12.7. The molecule has 1 heterocycles. The fourth-order valence-corrected chi connectivity index (χ4v) is 2.92. The standard InChI is InChI=1S/C16H24FNO2/c1-5-8-18(16(2,3)4)11-9-12-14(19)7-6-13(17)15(12)20-10-11/h6-7,11,19H,5,8-10H2,1-4H3/t11-/m1/s1. The average molecular weight is 281 g/mol. The lowest BCUT2D eigenvalue weighted by molar-refractivity contribution is 0.0420. The van der Waals surface area contributed by atoms with Gasteiger partial charge in [-0.25, -0.2) is 4.39 Å². The van der Waals surface area contributed by atoms with Gasteiger partial charge in [0, 0.05) is 17.1 Å². The number of rotatable bonds is 3. The number of fused-ring (bicyclic) bond motifs is 1. The minimum atomic E-state index is -0.394. The van der Waals surface area contributed by atoms with Gasteiger partial charge < -0.3 is 9.84 Å². The van der Waals surface area contributed by atoms with E-state index in [-0.39, 0.29) is 23.1 Å². The van der Waals surface area contributed by atoms with Crippen molar-refractivity contribution in [2.75, 3.05) is 13.2 Å². The monoisotopic (exact) mass is 281 g/mol. The Labute approximate surface area is 120 Å². The van der Waals surface area contributed by atoms with E-state index in [0.717, 1.165) is 13.0 Å². The van der Waals surface area contributed by atoms with E-state index >= 15 is 0 Å². The molecule has 0 fully saturated rings. The maximum Gasteiger partial charge on any atom is 0.165 e. The summed E-state index contributed by atoms with van der Waals surface area (Å²) in [5.41, 5.74) is 0.608. The van der Waals surface area contributed by atoms with Crippen molar-refractivity contribution in [3.05, 3.63) is 23.5 Å². The Hall–Kier alpha value is -1.29. The third-order valence-electron chi connectivity index (χ3n) is 3.81. The largest absolute Gasteiger partial charge is 0.508 e. The molecule has 3 nitrogen and oxygen atoms in total. The lowest BCUT2D eigenvalue weighted by Crippen LogP contribution is -2.52. The molecule has 0 saturated carbocycles. The second-order valence-electron chi connectivity index (χ2n) is 6.41. The van der Waals surface area contributed by atoms with Gasteiger partial charge >= 0.3 is 0 Å². The predicted octanol–water partition coefficient (Wildman–Crippen LogP) is 3.35. The molecule has 0 aliphatic carbocycles. The Balaban J connectivity index is 2.28. The molecule has 0 spiro atoms. The predicted molar refractivity (Wildman–Crippen MR) is 77.8 cm³/mol. The van der Waals surface area contributed by atoms with Crippen LogP contribution < -0.4 is 4.74 Å². The summed E-state index contributed by atoms with van der Waals surface area (Å²) in [4.78, 5) is 2.38. The van der Waals surface area contributed by atoms with Crippen LogP contribution in [0.5, 0.6) is 11.5 Å². The lowest BCUT2D eigenvalue weighted by Gasteiger charge is -2.43. The summed E-state index contributed by atoms with van der Waals surface area (Å²) in [7, 11) is 0. The SMILES string of the molecule is CCCN([C@H]1COc2c(F)ccc(O)c2C1)C(C)(C)C. The molecule has 0 unspecified atom stereocenters. The number of phenols is 1. The summed E-state index contributed by atoms with van der Waals surface area (Å²) < 4.78 is 19.3.